The minimum Gasteiger partial charge on any atom is -0.298 e. The first kappa shape index (κ1) is 15.0. The van der Waals surface area contributed by atoms with E-state index in [0.717, 1.165) is 21.3 Å². The second-order valence-electron chi connectivity index (χ2n) is 5.30. The lowest BCUT2D eigenvalue weighted by molar-refractivity contribution is 0.102. The zero-order valence-electron chi connectivity index (χ0n) is 12.6. The summed E-state index contributed by atoms with van der Waals surface area (Å²) in [6, 6.07) is 8.93. The Morgan fingerprint density at radius 1 is 1.12 bits per heavy atom. The highest BCUT2D eigenvalue weighted by Gasteiger charge is 2.12. The number of benzene rings is 2. The van der Waals surface area contributed by atoms with Crippen molar-refractivity contribution in [3.63, 3.8) is 0 Å². The van der Waals surface area contributed by atoms with Crippen LogP contribution >= 0.6 is 22.9 Å². The lowest BCUT2D eigenvalue weighted by Crippen LogP contribution is -2.11. The minimum absolute atomic E-state index is 0.231. The molecule has 7 heteroatoms. The van der Waals surface area contributed by atoms with E-state index in [1.165, 1.54) is 11.3 Å². The molecule has 2 heterocycles. The quantitative estimate of drug-likeness (QED) is 0.577. The summed E-state index contributed by atoms with van der Waals surface area (Å²) >= 11 is 7.47. The van der Waals surface area contributed by atoms with Gasteiger partial charge in [0.15, 0.2) is 5.13 Å². The Morgan fingerprint density at radius 3 is 2.75 bits per heavy atom. The average molecular weight is 355 g/mol. The van der Waals surface area contributed by atoms with E-state index in [0.29, 0.717) is 21.2 Å². The second-order valence-corrected chi connectivity index (χ2v) is 6.77. The van der Waals surface area contributed by atoms with Gasteiger partial charge in [-0.25, -0.2) is 4.98 Å². The molecule has 4 rings (SSSR count). The minimum atomic E-state index is -0.231. The highest BCUT2D eigenvalue weighted by molar-refractivity contribution is 7.22. The number of rotatable bonds is 2. The maximum atomic E-state index is 12.5. The summed E-state index contributed by atoms with van der Waals surface area (Å²) < 4.78 is 0.944. The smallest absolute Gasteiger partial charge is 0.257 e. The first-order chi connectivity index (χ1) is 11.6. The van der Waals surface area contributed by atoms with Gasteiger partial charge in [0.1, 0.15) is 0 Å². The van der Waals surface area contributed by atoms with Crippen LogP contribution in [0, 0.1) is 6.92 Å². The monoisotopic (exact) mass is 354 g/mol. The Balaban J connectivity index is 1.66. The van der Waals surface area contributed by atoms with E-state index in [2.05, 4.69) is 20.3 Å². The van der Waals surface area contributed by atoms with Crippen molar-refractivity contribution in [3.8, 4) is 0 Å². The van der Waals surface area contributed by atoms with Crippen molar-refractivity contribution < 1.29 is 4.79 Å². The lowest BCUT2D eigenvalue weighted by Gasteiger charge is -2.02. The third-order valence-corrected chi connectivity index (χ3v) is 4.74. The first-order valence-corrected chi connectivity index (χ1v) is 8.38. The number of nitrogens with zero attached hydrogens (tertiary/aromatic N) is 3. The number of carbonyl (C=O) groups excluding carboxylic acids is 1. The van der Waals surface area contributed by atoms with Crippen LogP contribution in [0.4, 0.5) is 5.13 Å². The fraction of sp³-hybridized carbons (Fsp3) is 0.0588. The maximum Gasteiger partial charge on any atom is 0.257 e. The van der Waals surface area contributed by atoms with Crippen molar-refractivity contribution in [2.24, 2.45) is 0 Å². The molecule has 4 aromatic rings. The normalized spacial score (nSPS) is 11.1. The molecular formula is C17H11ClN4OS. The Kier molecular flexibility index (Phi) is 3.63. The zero-order chi connectivity index (χ0) is 16.7. The molecule has 2 aromatic carbocycles. The van der Waals surface area contributed by atoms with Crippen LogP contribution in [0.15, 0.2) is 42.7 Å². The average Bonchev–Trinajstić information content (AvgIpc) is 2.97. The van der Waals surface area contributed by atoms with Crippen LogP contribution in [0.1, 0.15) is 15.9 Å². The van der Waals surface area contributed by atoms with E-state index in [-0.39, 0.29) is 5.91 Å². The highest BCUT2D eigenvalue weighted by Crippen LogP contribution is 2.31. The fourth-order valence-corrected chi connectivity index (χ4v) is 3.80. The highest BCUT2D eigenvalue weighted by atomic mass is 35.5. The molecule has 118 valence electrons. The van der Waals surface area contributed by atoms with Gasteiger partial charge in [-0.3, -0.25) is 20.1 Å². The van der Waals surface area contributed by atoms with E-state index in [1.807, 2.05) is 19.1 Å². The number of halogens is 1. The van der Waals surface area contributed by atoms with E-state index in [4.69, 9.17) is 11.6 Å². The fourth-order valence-electron chi connectivity index (χ4n) is 2.48. The van der Waals surface area contributed by atoms with Gasteiger partial charge in [0.25, 0.3) is 5.91 Å². The number of nitrogens with one attached hydrogen (secondary N) is 1. The SMILES string of the molecule is Cc1cc(Cl)cc2sc(NC(=O)c3ccc4nccnc4c3)nc12. The topological polar surface area (TPSA) is 67.8 Å². The number of thiazole rings is 1. The van der Waals surface area contributed by atoms with Crippen LogP contribution in [0.2, 0.25) is 5.02 Å². The number of amides is 1. The molecule has 0 bridgehead atoms. The number of fused-ring (bicyclic) bond motifs is 2. The summed E-state index contributed by atoms with van der Waals surface area (Å²) in [4.78, 5) is 25.4. The number of anilines is 1. The van der Waals surface area contributed by atoms with E-state index < -0.39 is 0 Å². The van der Waals surface area contributed by atoms with Crippen LogP contribution in [0.5, 0.6) is 0 Å². The van der Waals surface area contributed by atoms with E-state index in [9.17, 15) is 4.79 Å². The van der Waals surface area contributed by atoms with Gasteiger partial charge < -0.3 is 0 Å². The van der Waals surface area contributed by atoms with Gasteiger partial charge in [-0.1, -0.05) is 22.9 Å². The van der Waals surface area contributed by atoms with Gasteiger partial charge in [-0.15, -0.1) is 0 Å². The van der Waals surface area contributed by atoms with Gasteiger partial charge in [0, 0.05) is 23.0 Å². The van der Waals surface area contributed by atoms with Crippen LogP contribution in [-0.4, -0.2) is 20.9 Å². The standard InChI is InChI=1S/C17H11ClN4OS/c1-9-6-11(18)8-14-15(9)21-17(24-14)22-16(23)10-2-3-12-13(7-10)20-5-4-19-12/h2-8H,1H3,(H,21,22,23). The van der Waals surface area contributed by atoms with Gasteiger partial charge >= 0.3 is 0 Å². The summed E-state index contributed by atoms with van der Waals surface area (Å²) in [5.74, 6) is -0.231. The predicted molar refractivity (Wildman–Crippen MR) is 96.9 cm³/mol. The molecule has 1 amide bonds. The van der Waals surface area contributed by atoms with Gasteiger partial charge in [-0.05, 0) is 42.8 Å². The number of carbonyl (C=O) groups is 1. The van der Waals surface area contributed by atoms with Crippen LogP contribution in [0.25, 0.3) is 21.3 Å². The van der Waals surface area contributed by atoms with E-state index >= 15 is 0 Å². The Labute approximate surface area is 146 Å². The summed E-state index contributed by atoms with van der Waals surface area (Å²) in [7, 11) is 0. The molecule has 5 nitrogen and oxygen atoms in total. The molecule has 0 radical (unpaired) electrons. The summed E-state index contributed by atoms with van der Waals surface area (Å²) in [5.41, 5.74) is 3.77. The van der Waals surface area contributed by atoms with Gasteiger partial charge in [0.05, 0.1) is 21.3 Å². The van der Waals surface area contributed by atoms with Gasteiger partial charge in [0.2, 0.25) is 0 Å². The maximum absolute atomic E-state index is 12.5. The molecule has 0 saturated carbocycles. The largest absolute Gasteiger partial charge is 0.298 e. The van der Waals surface area contributed by atoms with Crippen LogP contribution in [0.3, 0.4) is 0 Å². The summed E-state index contributed by atoms with van der Waals surface area (Å²) in [6.45, 7) is 1.95. The molecule has 2 aromatic heterocycles. The third kappa shape index (κ3) is 2.70. The van der Waals surface area contributed by atoms with Crippen molar-refractivity contribution >= 4 is 55.2 Å². The molecule has 0 unspecified atom stereocenters. The molecule has 1 N–H and O–H groups in total. The van der Waals surface area contributed by atoms with Crippen LogP contribution < -0.4 is 5.32 Å². The molecule has 0 aliphatic rings. The molecular weight excluding hydrogens is 344 g/mol. The predicted octanol–water partition coefficient (Wildman–Crippen LogP) is 4.45. The molecule has 24 heavy (non-hydrogen) atoms. The molecule has 0 aliphatic heterocycles. The van der Waals surface area contributed by atoms with Crippen molar-refractivity contribution in [1.82, 2.24) is 15.0 Å². The number of hydrogen-bond donors (Lipinski definition) is 1. The van der Waals surface area contributed by atoms with Crippen molar-refractivity contribution in [1.29, 1.82) is 0 Å². The Bertz CT molecular complexity index is 1090. The molecule has 0 atom stereocenters. The summed E-state index contributed by atoms with van der Waals surface area (Å²) in [5, 5.41) is 4.04. The van der Waals surface area contributed by atoms with E-state index in [1.54, 1.807) is 30.6 Å². The van der Waals surface area contributed by atoms with Crippen LogP contribution in [-0.2, 0) is 0 Å². The molecule has 0 fully saturated rings. The zero-order valence-corrected chi connectivity index (χ0v) is 14.1. The lowest BCUT2D eigenvalue weighted by atomic mass is 10.2. The molecule has 0 spiro atoms. The van der Waals surface area contributed by atoms with Crippen molar-refractivity contribution in [2.75, 3.05) is 5.32 Å². The van der Waals surface area contributed by atoms with Crippen molar-refractivity contribution in [3.05, 3.63) is 58.9 Å². The molecule has 0 saturated heterocycles. The molecule has 0 aliphatic carbocycles. The Hall–Kier alpha value is -2.57. The number of aryl methyl sites for hydroxylation is 1. The third-order valence-electron chi connectivity index (χ3n) is 3.60. The second kappa shape index (κ2) is 5.81. The first-order valence-electron chi connectivity index (χ1n) is 7.19. The number of hydrogen-bond acceptors (Lipinski definition) is 5. The van der Waals surface area contributed by atoms with Gasteiger partial charge in [-0.2, -0.15) is 0 Å². The Morgan fingerprint density at radius 2 is 1.92 bits per heavy atom. The summed E-state index contributed by atoms with van der Waals surface area (Å²) in [6.07, 6.45) is 3.22. The number of aromatic nitrogens is 3. The van der Waals surface area contributed by atoms with Crippen molar-refractivity contribution in [2.45, 2.75) is 6.92 Å².